The fraction of sp³-hybridized carbons (Fsp3) is 0.0400. The fourth-order valence-corrected chi connectivity index (χ4v) is 5.43. The molecule has 0 heterocycles. The normalized spacial score (nSPS) is 14.6. The third-order valence-electron chi connectivity index (χ3n) is 6.01. The van der Waals surface area contributed by atoms with E-state index in [2.05, 4.69) is 72.8 Å². The van der Waals surface area contributed by atoms with Crippen molar-refractivity contribution in [1.82, 2.24) is 0 Å². The zero-order valence-corrected chi connectivity index (χ0v) is 15.9. The highest BCUT2D eigenvalue weighted by Crippen LogP contribution is 2.63. The smallest absolute Gasteiger partial charge is 0.0726 e. The standard InChI is InChI=1S/C25H14Cl2/c26-15-10-12-23-20(13-15)19-11-9-16(27)14-24(19)25(23)21-7-3-1-5-17(21)18-6-2-4-8-22(18)25/h1-14H. The van der Waals surface area contributed by atoms with Gasteiger partial charge in [-0.1, -0.05) is 83.9 Å². The molecule has 0 radical (unpaired) electrons. The van der Waals surface area contributed by atoms with Crippen LogP contribution in [0.15, 0.2) is 84.9 Å². The van der Waals surface area contributed by atoms with Gasteiger partial charge in [-0.05, 0) is 68.8 Å². The Kier molecular flexibility index (Phi) is 3.02. The average Bonchev–Trinajstić information content (AvgIpc) is 3.14. The van der Waals surface area contributed by atoms with Crippen LogP contribution in [0.4, 0.5) is 0 Å². The van der Waals surface area contributed by atoms with E-state index in [4.69, 9.17) is 23.2 Å². The van der Waals surface area contributed by atoms with Crippen molar-refractivity contribution in [3.8, 4) is 22.3 Å². The van der Waals surface area contributed by atoms with Gasteiger partial charge in [0, 0.05) is 10.0 Å². The largest absolute Gasteiger partial charge is 0.0843 e. The molecule has 2 heteroatoms. The third kappa shape index (κ3) is 1.80. The second kappa shape index (κ2) is 5.25. The van der Waals surface area contributed by atoms with Crippen molar-refractivity contribution < 1.29 is 0 Å². The van der Waals surface area contributed by atoms with Gasteiger partial charge < -0.3 is 0 Å². The number of halogens is 2. The van der Waals surface area contributed by atoms with Gasteiger partial charge in [0.1, 0.15) is 0 Å². The maximum absolute atomic E-state index is 6.49. The SMILES string of the molecule is Clc1ccc2c(c1)-c1ccc(Cl)cc1C21c2ccccc2-c2ccccc21. The highest BCUT2D eigenvalue weighted by molar-refractivity contribution is 6.31. The van der Waals surface area contributed by atoms with Crippen molar-refractivity contribution in [2.24, 2.45) is 0 Å². The van der Waals surface area contributed by atoms with Gasteiger partial charge in [0.05, 0.1) is 5.41 Å². The first kappa shape index (κ1) is 15.5. The summed E-state index contributed by atoms with van der Waals surface area (Å²) in [6, 6.07) is 29.9. The molecular weight excluding hydrogens is 371 g/mol. The molecule has 128 valence electrons. The Morgan fingerprint density at radius 1 is 0.444 bits per heavy atom. The Labute approximate surface area is 168 Å². The molecule has 6 rings (SSSR count). The zero-order chi connectivity index (χ0) is 18.2. The monoisotopic (exact) mass is 384 g/mol. The van der Waals surface area contributed by atoms with Crippen LogP contribution in [0.1, 0.15) is 22.3 Å². The van der Waals surface area contributed by atoms with Crippen molar-refractivity contribution in [1.29, 1.82) is 0 Å². The Morgan fingerprint density at radius 2 is 0.963 bits per heavy atom. The number of hydrogen-bond acceptors (Lipinski definition) is 0. The van der Waals surface area contributed by atoms with E-state index >= 15 is 0 Å². The average molecular weight is 385 g/mol. The van der Waals surface area contributed by atoms with E-state index in [0.29, 0.717) is 0 Å². The van der Waals surface area contributed by atoms with E-state index in [0.717, 1.165) is 10.0 Å². The van der Waals surface area contributed by atoms with Crippen LogP contribution in [0.25, 0.3) is 22.3 Å². The predicted molar refractivity (Wildman–Crippen MR) is 113 cm³/mol. The molecule has 0 saturated carbocycles. The lowest BCUT2D eigenvalue weighted by molar-refractivity contribution is 0.794. The minimum atomic E-state index is -0.340. The van der Waals surface area contributed by atoms with E-state index in [1.807, 2.05) is 12.1 Å². The third-order valence-corrected chi connectivity index (χ3v) is 6.48. The molecule has 0 aliphatic heterocycles. The Morgan fingerprint density at radius 3 is 1.67 bits per heavy atom. The van der Waals surface area contributed by atoms with Gasteiger partial charge in [0.25, 0.3) is 0 Å². The van der Waals surface area contributed by atoms with Gasteiger partial charge >= 0.3 is 0 Å². The van der Waals surface area contributed by atoms with Crippen molar-refractivity contribution in [2.75, 3.05) is 0 Å². The number of fused-ring (bicyclic) bond motifs is 10. The van der Waals surface area contributed by atoms with E-state index < -0.39 is 0 Å². The summed E-state index contributed by atoms with van der Waals surface area (Å²) in [4.78, 5) is 0. The topological polar surface area (TPSA) is 0 Å². The molecule has 0 saturated heterocycles. The summed E-state index contributed by atoms with van der Waals surface area (Å²) in [5.74, 6) is 0. The summed E-state index contributed by atoms with van der Waals surface area (Å²) in [6.45, 7) is 0. The van der Waals surface area contributed by atoms with E-state index in [1.165, 1.54) is 44.5 Å². The summed E-state index contributed by atoms with van der Waals surface area (Å²) in [6.07, 6.45) is 0. The Bertz CT molecular complexity index is 1210. The molecular formula is C25H14Cl2. The molecule has 0 atom stereocenters. The lowest BCUT2D eigenvalue weighted by Gasteiger charge is -2.30. The fourth-order valence-electron chi connectivity index (χ4n) is 5.09. The molecule has 2 aliphatic rings. The summed E-state index contributed by atoms with van der Waals surface area (Å²) < 4.78 is 0. The van der Waals surface area contributed by atoms with Crippen LogP contribution in [0.3, 0.4) is 0 Å². The van der Waals surface area contributed by atoms with E-state index in [-0.39, 0.29) is 5.41 Å². The van der Waals surface area contributed by atoms with Gasteiger partial charge in [-0.3, -0.25) is 0 Å². The van der Waals surface area contributed by atoms with Crippen molar-refractivity contribution in [2.45, 2.75) is 5.41 Å². The summed E-state index contributed by atoms with van der Waals surface area (Å²) in [7, 11) is 0. The van der Waals surface area contributed by atoms with E-state index in [9.17, 15) is 0 Å². The molecule has 1 spiro atoms. The highest BCUT2D eigenvalue weighted by Gasteiger charge is 2.51. The van der Waals surface area contributed by atoms with Crippen LogP contribution in [0.5, 0.6) is 0 Å². The molecule has 0 N–H and O–H groups in total. The van der Waals surface area contributed by atoms with Gasteiger partial charge in [-0.25, -0.2) is 0 Å². The van der Waals surface area contributed by atoms with Crippen LogP contribution in [0, 0.1) is 0 Å². The summed E-state index contributed by atoms with van der Waals surface area (Å²) in [5.41, 5.74) is 9.80. The Hall–Kier alpha value is -2.54. The van der Waals surface area contributed by atoms with Crippen molar-refractivity contribution in [3.63, 3.8) is 0 Å². The number of hydrogen-bond donors (Lipinski definition) is 0. The minimum Gasteiger partial charge on any atom is -0.0843 e. The van der Waals surface area contributed by atoms with Crippen LogP contribution >= 0.6 is 23.2 Å². The molecule has 0 amide bonds. The first-order chi connectivity index (χ1) is 13.2. The number of benzene rings is 4. The highest BCUT2D eigenvalue weighted by atomic mass is 35.5. The predicted octanol–water partition coefficient (Wildman–Crippen LogP) is 7.34. The molecule has 0 bridgehead atoms. The van der Waals surface area contributed by atoms with Crippen LogP contribution < -0.4 is 0 Å². The van der Waals surface area contributed by atoms with Gasteiger partial charge in [-0.15, -0.1) is 0 Å². The molecule has 0 unspecified atom stereocenters. The molecule has 0 aromatic heterocycles. The quantitative estimate of drug-likeness (QED) is 0.257. The minimum absolute atomic E-state index is 0.340. The van der Waals surface area contributed by atoms with Gasteiger partial charge in [-0.2, -0.15) is 0 Å². The first-order valence-electron chi connectivity index (χ1n) is 9.01. The van der Waals surface area contributed by atoms with E-state index in [1.54, 1.807) is 0 Å². The summed E-state index contributed by atoms with van der Waals surface area (Å²) >= 11 is 12.9. The van der Waals surface area contributed by atoms with Gasteiger partial charge in [0.15, 0.2) is 0 Å². The van der Waals surface area contributed by atoms with Crippen LogP contribution in [-0.2, 0) is 5.41 Å². The maximum atomic E-state index is 6.49. The Balaban J connectivity index is 1.87. The second-order valence-corrected chi connectivity index (χ2v) is 8.09. The molecule has 4 aromatic carbocycles. The first-order valence-corrected chi connectivity index (χ1v) is 9.76. The number of rotatable bonds is 0. The lowest BCUT2D eigenvalue weighted by atomic mass is 9.70. The molecule has 0 nitrogen and oxygen atoms in total. The van der Waals surface area contributed by atoms with Crippen LogP contribution in [-0.4, -0.2) is 0 Å². The second-order valence-electron chi connectivity index (χ2n) is 7.22. The molecule has 0 fully saturated rings. The van der Waals surface area contributed by atoms with Crippen LogP contribution in [0.2, 0.25) is 10.0 Å². The van der Waals surface area contributed by atoms with Gasteiger partial charge in [0.2, 0.25) is 0 Å². The molecule has 2 aliphatic carbocycles. The summed E-state index contributed by atoms with van der Waals surface area (Å²) in [5, 5.41) is 1.51. The van der Waals surface area contributed by atoms with Crippen molar-refractivity contribution in [3.05, 3.63) is 117 Å². The zero-order valence-electron chi connectivity index (χ0n) is 14.3. The maximum Gasteiger partial charge on any atom is 0.0726 e. The lowest BCUT2D eigenvalue weighted by Crippen LogP contribution is -2.25. The molecule has 27 heavy (non-hydrogen) atoms. The molecule has 4 aromatic rings. The van der Waals surface area contributed by atoms with Crippen molar-refractivity contribution >= 4 is 23.2 Å².